The molecule has 0 aliphatic carbocycles. The second-order valence-corrected chi connectivity index (χ2v) is 4.49. The third-order valence-corrected chi connectivity index (χ3v) is 3.23. The van der Waals surface area contributed by atoms with Crippen molar-refractivity contribution in [3.63, 3.8) is 0 Å². The predicted octanol–water partition coefficient (Wildman–Crippen LogP) is 2.20. The molecule has 0 unspecified atom stereocenters. The summed E-state index contributed by atoms with van der Waals surface area (Å²) in [4.78, 5) is 2.43. The van der Waals surface area contributed by atoms with Crippen LogP contribution in [0.4, 0.5) is 0 Å². The molecule has 0 radical (unpaired) electrons. The highest BCUT2D eigenvalue weighted by Gasteiger charge is 2.17. The lowest BCUT2D eigenvalue weighted by molar-refractivity contribution is 0.325. The largest absolute Gasteiger partial charge is 0.392 e. The van der Waals surface area contributed by atoms with Gasteiger partial charge in [-0.1, -0.05) is 35.9 Å². The molecule has 1 heterocycles. The summed E-state index contributed by atoms with van der Waals surface area (Å²) >= 11 is 0. The van der Waals surface area contributed by atoms with E-state index in [0.29, 0.717) is 0 Å². The zero-order valence-electron chi connectivity index (χ0n) is 9.82. The maximum absolute atomic E-state index is 9.09. The van der Waals surface area contributed by atoms with Gasteiger partial charge in [0.15, 0.2) is 0 Å². The van der Waals surface area contributed by atoms with Crippen LogP contribution in [0.1, 0.15) is 18.9 Å². The average Bonchev–Trinajstić information content (AvgIpc) is 2.78. The molecule has 1 aliphatic rings. The second kappa shape index (κ2) is 5.28. The Morgan fingerprint density at radius 2 is 2.06 bits per heavy atom. The molecule has 0 spiro atoms. The van der Waals surface area contributed by atoms with Gasteiger partial charge in [0.2, 0.25) is 0 Å². The Hall–Kier alpha value is -1.12. The van der Waals surface area contributed by atoms with Gasteiger partial charge in [-0.2, -0.15) is 0 Å². The van der Waals surface area contributed by atoms with E-state index in [1.165, 1.54) is 11.1 Å². The lowest BCUT2D eigenvalue weighted by atomic mass is 10.1. The first kappa shape index (κ1) is 11.4. The Labute approximate surface area is 97.2 Å². The lowest BCUT2D eigenvalue weighted by Crippen LogP contribution is -2.18. The quantitative estimate of drug-likeness (QED) is 0.785. The monoisotopic (exact) mass is 217 g/mol. The van der Waals surface area contributed by atoms with Gasteiger partial charge >= 0.3 is 0 Å². The van der Waals surface area contributed by atoms with E-state index in [9.17, 15) is 0 Å². The molecule has 2 rings (SSSR count). The summed E-state index contributed by atoms with van der Waals surface area (Å²) in [5.74, 6) is 0. The molecule has 0 aromatic heterocycles. The van der Waals surface area contributed by atoms with Crippen LogP contribution in [-0.4, -0.2) is 29.7 Å². The van der Waals surface area contributed by atoms with Gasteiger partial charge in [0.05, 0.1) is 6.61 Å². The van der Waals surface area contributed by atoms with Crippen molar-refractivity contribution in [2.45, 2.75) is 19.9 Å². The SMILES string of the molecule is C/C(CO)=C1\CCN(Cc2ccccc2)C1. The summed E-state index contributed by atoms with van der Waals surface area (Å²) in [5.41, 5.74) is 3.93. The molecule has 2 heteroatoms. The van der Waals surface area contributed by atoms with Crippen molar-refractivity contribution in [3.05, 3.63) is 47.0 Å². The number of aliphatic hydroxyl groups excluding tert-OH is 1. The minimum atomic E-state index is 0.203. The van der Waals surface area contributed by atoms with E-state index in [1.54, 1.807) is 0 Å². The summed E-state index contributed by atoms with van der Waals surface area (Å²) in [7, 11) is 0. The minimum absolute atomic E-state index is 0.203. The maximum Gasteiger partial charge on any atom is 0.0642 e. The van der Waals surface area contributed by atoms with Crippen LogP contribution in [0.15, 0.2) is 41.5 Å². The van der Waals surface area contributed by atoms with Crippen molar-refractivity contribution in [3.8, 4) is 0 Å². The van der Waals surface area contributed by atoms with E-state index in [0.717, 1.165) is 31.6 Å². The van der Waals surface area contributed by atoms with E-state index in [-0.39, 0.29) is 6.61 Å². The molecule has 0 atom stereocenters. The Bertz CT molecular complexity index is 370. The van der Waals surface area contributed by atoms with Crippen LogP contribution in [0.3, 0.4) is 0 Å². The van der Waals surface area contributed by atoms with Crippen molar-refractivity contribution in [1.29, 1.82) is 0 Å². The van der Waals surface area contributed by atoms with Crippen molar-refractivity contribution < 1.29 is 5.11 Å². The van der Waals surface area contributed by atoms with Gasteiger partial charge in [-0.05, 0) is 24.5 Å². The van der Waals surface area contributed by atoms with Crippen LogP contribution >= 0.6 is 0 Å². The highest BCUT2D eigenvalue weighted by atomic mass is 16.3. The molecular weight excluding hydrogens is 198 g/mol. The van der Waals surface area contributed by atoms with Crippen molar-refractivity contribution in [1.82, 2.24) is 4.90 Å². The van der Waals surface area contributed by atoms with E-state index in [2.05, 4.69) is 35.2 Å². The van der Waals surface area contributed by atoms with Crippen molar-refractivity contribution in [2.75, 3.05) is 19.7 Å². The molecule has 16 heavy (non-hydrogen) atoms. The number of nitrogens with zero attached hydrogens (tertiary/aromatic N) is 1. The first-order chi connectivity index (χ1) is 7.79. The average molecular weight is 217 g/mol. The summed E-state index contributed by atoms with van der Waals surface area (Å²) < 4.78 is 0. The van der Waals surface area contributed by atoms with Gasteiger partial charge in [-0.15, -0.1) is 0 Å². The van der Waals surface area contributed by atoms with E-state index < -0.39 is 0 Å². The summed E-state index contributed by atoms with van der Waals surface area (Å²) in [5, 5.41) is 9.09. The molecule has 1 aliphatic heterocycles. The van der Waals surface area contributed by atoms with Gasteiger partial charge in [-0.25, -0.2) is 0 Å². The molecule has 0 saturated carbocycles. The second-order valence-electron chi connectivity index (χ2n) is 4.49. The Kier molecular flexibility index (Phi) is 3.75. The number of likely N-dealkylation sites (tertiary alicyclic amines) is 1. The van der Waals surface area contributed by atoms with E-state index >= 15 is 0 Å². The highest BCUT2D eigenvalue weighted by Crippen LogP contribution is 2.20. The first-order valence-corrected chi connectivity index (χ1v) is 5.84. The third-order valence-electron chi connectivity index (χ3n) is 3.23. The molecule has 1 fully saturated rings. The third kappa shape index (κ3) is 2.71. The van der Waals surface area contributed by atoms with Crippen molar-refractivity contribution >= 4 is 0 Å². The van der Waals surface area contributed by atoms with Gasteiger partial charge in [0, 0.05) is 19.6 Å². The van der Waals surface area contributed by atoms with Crippen LogP contribution in [0.5, 0.6) is 0 Å². The fraction of sp³-hybridized carbons (Fsp3) is 0.429. The number of aliphatic hydroxyl groups is 1. The van der Waals surface area contributed by atoms with E-state index in [1.807, 2.05) is 6.92 Å². The molecule has 2 nitrogen and oxygen atoms in total. The van der Waals surface area contributed by atoms with Gasteiger partial charge < -0.3 is 5.11 Å². The molecule has 1 N–H and O–H groups in total. The van der Waals surface area contributed by atoms with E-state index in [4.69, 9.17) is 5.11 Å². The molecule has 0 bridgehead atoms. The Balaban J connectivity index is 1.95. The summed E-state index contributed by atoms with van der Waals surface area (Å²) in [6.45, 7) is 5.38. The van der Waals surface area contributed by atoms with Gasteiger partial charge in [-0.3, -0.25) is 4.90 Å². The van der Waals surface area contributed by atoms with Gasteiger partial charge in [0.25, 0.3) is 0 Å². The van der Waals surface area contributed by atoms with Crippen LogP contribution in [0.2, 0.25) is 0 Å². The topological polar surface area (TPSA) is 23.5 Å². The smallest absolute Gasteiger partial charge is 0.0642 e. The fourth-order valence-corrected chi connectivity index (χ4v) is 2.16. The molecule has 1 aromatic carbocycles. The molecule has 1 aromatic rings. The number of hydrogen-bond acceptors (Lipinski definition) is 2. The normalized spacial score (nSPS) is 20.1. The first-order valence-electron chi connectivity index (χ1n) is 5.84. The number of benzene rings is 1. The Morgan fingerprint density at radius 1 is 1.31 bits per heavy atom. The van der Waals surface area contributed by atoms with Crippen molar-refractivity contribution in [2.24, 2.45) is 0 Å². The molecule has 1 saturated heterocycles. The summed E-state index contributed by atoms with van der Waals surface area (Å²) in [6, 6.07) is 10.6. The fourth-order valence-electron chi connectivity index (χ4n) is 2.16. The lowest BCUT2D eigenvalue weighted by Gasteiger charge is -2.14. The Morgan fingerprint density at radius 3 is 2.75 bits per heavy atom. The maximum atomic E-state index is 9.09. The van der Waals surface area contributed by atoms with Crippen LogP contribution in [0, 0.1) is 0 Å². The molecule has 86 valence electrons. The van der Waals surface area contributed by atoms with Gasteiger partial charge in [0.1, 0.15) is 0 Å². The summed E-state index contributed by atoms with van der Waals surface area (Å²) in [6.07, 6.45) is 1.11. The van der Waals surface area contributed by atoms with Crippen LogP contribution in [0.25, 0.3) is 0 Å². The molecular formula is C14H19NO. The van der Waals surface area contributed by atoms with Crippen LogP contribution < -0.4 is 0 Å². The standard InChI is InChI=1S/C14H19NO/c1-12(11-16)14-7-8-15(10-14)9-13-5-3-2-4-6-13/h2-6,16H,7-11H2,1H3/b14-12-. The zero-order chi connectivity index (χ0) is 11.4. The zero-order valence-corrected chi connectivity index (χ0v) is 9.82. The highest BCUT2D eigenvalue weighted by molar-refractivity contribution is 5.20. The minimum Gasteiger partial charge on any atom is -0.392 e. The van der Waals surface area contributed by atoms with Crippen LogP contribution in [-0.2, 0) is 6.54 Å². The number of hydrogen-bond donors (Lipinski definition) is 1. The predicted molar refractivity (Wildman–Crippen MR) is 66.1 cm³/mol. The number of rotatable bonds is 3. The molecule has 0 amide bonds.